The SMILES string of the molecule is CCn1ncc(-c2noc3nc(C4CC4)cc(C(=O)N4CCCC4C(=O)OC)c23)c1C. The minimum absolute atomic E-state index is 0.216. The zero-order valence-electron chi connectivity index (χ0n) is 17.9. The lowest BCUT2D eigenvalue weighted by Gasteiger charge is -2.23. The molecule has 1 amide bonds. The summed E-state index contributed by atoms with van der Waals surface area (Å²) >= 11 is 0. The van der Waals surface area contributed by atoms with Crippen LogP contribution in [0.25, 0.3) is 22.4 Å². The van der Waals surface area contributed by atoms with Crippen molar-refractivity contribution in [3.8, 4) is 11.3 Å². The topological polar surface area (TPSA) is 103 Å². The van der Waals surface area contributed by atoms with Crippen LogP contribution < -0.4 is 0 Å². The molecule has 2 aliphatic rings. The fourth-order valence-corrected chi connectivity index (χ4v) is 4.45. The van der Waals surface area contributed by atoms with Crippen molar-refractivity contribution in [2.24, 2.45) is 0 Å². The molecule has 2 fully saturated rings. The van der Waals surface area contributed by atoms with Crippen molar-refractivity contribution in [2.45, 2.75) is 58.0 Å². The molecule has 0 N–H and O–H groups in total. The minimum Gasteiger partial charge on any atom is -0.467 e. The second kappa shape index (κ2) is 7.47. The van der Waals surface area contributed by atoms with E-state index in [9.17, 15) is 9.59 Å². The predicted molar refractivity (Wildman–Crippen MR) is 111 cm³/mol. The molecule has 1 unspecified atom stereocenters. The van der Waals surface area contributed by atoms with E-state index >= 15 is 0 Å². The number of pyridine rings is 1. The maximum Gasteiger partial charge on any atom is 0.328 e. The van der Waals surface area contributed by atoms with Gasteiger partial charge >= 0.3 is 5.97 Å². The van der Waals surface area contributed by atoms with Crippen molar-refractivity contribution < 1.29 is 18.8 Å². The Kier molecular flexibility index (Phi) is 4.75. The first-order chi connectivity index (χ1) is 15.0. The van der Waals surface area contributed by atoms with Crippen molar-refractivity contribution in [1.82, 2.24) is 24.8 Å². The zero-order chi connectivity index (χ0) is 21.7. The quantitative estimate of drug-likeness (QED) is 0.581. The number of ether oxygens (including phenoxy) is 1. The Labute approximate surface area is 179 Å². The van der Waals surface area contributed by atoms with E-state index in [4.69, 9.17) is 9.26 Å². The van der Waals surface area contributed by atoms with Crippen LogP contribution >= 0.6 is 0 Å². The maximum absolute atomic E-state index is 13.7. The van der Waals surface area contributed by atoms with Crippen molar-refractivity contribution in [1.29, 1.82) is 0 Å². The van der Waals surface area contributed by atoms with Gasteiger partial charge in [0.1, 0.15) is 11.7 Å². The van der Waals surface area contributed by atoms with Gasteiger partial charge in [-0.3, -0.25) is 9.48 Å². The lowest BCUT2D eigenvalue weighted by atomic mass is 10.0. The van der Waals surface area contributed by atoms with Crippen LogP contribution in [0.1, 0.15) is 60.3 Å². The molecule has 0 aromatic carbocycles. The van der Waals surface area contributed by atoms with Gasteiger partial charge in [-0.2, -0.15) is 5.10 Å². The van der Waals surface area contributed by atoms with Gasteiger partial charge in [0.05, 0.1) is 24.3 Å². The Morgan fingerprint density at radius 3 is 2.77 bits per heavy atom. The number of likely N-dealkylation sites (tertiary alicyclic amines) is 1. The van der Waals surface area contributed by atoms with E-state index < -0.39 is 6.04 Å². The summed E-state index contributed by atoms with van der Waals surface area (Å²) in [4.78, 5) is 32.2. The molecule has 5 rings (SSSR count). The largest absolute Gasteiger partial charge is 0.467 e. The third-order valence-corrected chi connectivity index (χ3v) is 6.34. The summed E-state index contributed by atoms with van der Waals surface area (Å²) in [5.41, 5.74) is 3.97. The number of rotatable bonds is 5. The van der Waals surface area contributed by atoms with E-state index in [1.165, 1.54) is 7.11 Å². The normalized spacial score (nSPS) is 18.7. The Hall–Kier alpha value is -3.23. The number of carbonyl (C=O) groups is 2. The molecule has 3 aromatic heterocycles. The standard InChI is InChI=1S/C22H25N5O4/c1-4-27-12(2)15(11-23-27)19-18-14(10-16(13-7-8-13)24-20(18)31-25-19)21(28)26-9-5-6-17(26)22(29)30-3/h10-11,13,17H,4-9H2,1-3H3. The van der Waals surface area contributed by atoms with E-state index in [1.54, 1.807) is 11.1 Å². The van der Waals surface area contributed by atoms with Gasteiger partial charge in [-0.1, -0.05) is 5.16 Å². The van der Waals surface area contributed by atoms with Crippen LogP contribution in [0.15, 0.2) is 16.8 Å². The van der Waals surface area contributed by atoms with Gasteiger partial charge in [0.15, 0.2) is 0 Å². The Morgan fingerprint density at radius 1 is 1.29 bits per heavy atom. The van der Waals surface area contributed by atoms with Crippen molar-refractivity contribution in [2.75, 3.05) is 13.7 Å². The van der Waals surface area contributed by atoms with Gasteiger partial charge in [-0.15, -0.1) is 0 Å². The van der Waals surface area contributed by atoms with E-state index in [-0.39, 0.29) is 11.9 Å². The van der Waals surface area contributed by atoms with Crippen LogP contribution in [0, 0.1) is 6.92 Å². The van der Waals surface area contributed by atoms with Gasteiger partial charge < -0.3 is 14.2 Å². The van der Waals surface area contributed by atoms with Gasteiger partial charge in [-0.05, 0) is 45.6 Å². The number of methoxy groups -OCH3 is 1. The van der Waals surface area contributed by atoms with E-state index in [0.29, 0.717) is 41.2 Å². The average Bonchev–Trinajstić information content (AvgIpc) is 3.19. The summed E-state index contributed by atoms with van der Waals surface area (Å²) in [6, 6.07) is 1.29. The third-order valence-electron chi connectivity index (χ3n) is 6.34. The number of fused-ring (bicyclic) bond motifs is 1. The van der Waals surface area contributed by atoms with Crippen molar-refractivity contribution in [3.05, 3.63) is 29.2 Å². The molecular formula is C22H25N5O4. The molecule has 0 bridgehead atoms. The molecule has 3 aromatic rings. The highest BCUT2D eigenvalue weighted by Gasteiger charge is 2.38. The van der Waals surface area contributed by atoms with Gasteiger partial charge in [0, 0.05) is 36.0 Å². The Morgan fingerprint density at radius 2 is 2.10 bits per heavy atom. The van der Waals surface area contributed by atoms with Gasteiger partial charge in [0.25, 0.3) is 11.6 Å². The molecule has 1 atom stereocenters. The summed E-state index contributed by atoms with van der Waals surface area (Å²) in [5, 5.41) is 9.26. The fraction of sp³-hybridized carbons (Fsp3) is 0.500. The molecule has 31 heavy (non-hydrogen) atoms. The number of hydrogen-bond donors (Lipinski definition) is 0. The molecular weight excluding hydrogens is 398 g/mol. The molecule has 0 spiro atoms. The smallest absolute Gasteiger partial charge is 0.328 e. The lowest BCUT2D eigenvalue weighted by Crippen LogP contribution is -2.41. The molecule has 4 heterocycles. The summed E-state index contributed by atoms with van der Waals surface area (Å²) in [5.74, 6) is -0.263. The van der Waals surface area contributed by atoms with Crippen molar-refractivity contribution in [3.63, 3.8) is 0 Å². The molecule has 0 radical (unpaired) electrons. The number of aryl methyl sites for hydroxylation is 1. The highest BCUT2D eigenvalue weighted by Crippen LogP contribution is 2.42. The molecule has 9 heteroatoms. The zero-order valence-corrected chi connectivity index (χ0v) is 17.9. The van der Waals surface area contributed by atoms with Crippen LogP contribution in [0.4, 0.5) is 0 Å². The van der Waals surface area contributed by atoms with Crippen LogP contribution in [0.3, 0.4) is 0 Å². The molecule has 1 aliphatic heterocycles. The molecule has 1 aliphatic carbocycles. The Bertz CT molecular complexity index is 1180. The van der Waals surface area contributed by atoms with Crippen LogP contribution in [-0.2, 0) is 16.1 Å². The second-order valence-electron chi connectivity index (χ2n) is 8.22. The predicted octanol–water partition coefficient (Wildman–Crippen LogP) is 3.07. The van der Waals surface area contributed by atoms with Gasteiger partial charge in [0.2, 0.25) is 0 Å². The maximum atomic E-state index is 13.7. The Balaban J connectivity index is 1.66. The summed E-state index contributed by atoms with van der Waals surface area (Å²) in [6.07, 6.45) is 5.19. The van der Waals surface area contributed by atoms with Crippen LogP contribution in [-0.4, -0.2) is 56.4 Å². The van der Waals surface area contributed by atoms with Crippen LogP contribution in [0.5, 0.6) is 0 Å². The summed E-state index contributed by atoms with van der Waals surface area (Å²) < 4.78 is 12.4. The van der Waals surface area contributed by atoms with Gasteiger partial charge in [-0.25, -0.2) is 9.78 Å². The minimum atomic E-state index is -0.571. The second-order valence-corrected chi connectivity index (χ2v) is 8.22. The average molecular weight is 423 g/mol. The first kappa shape index (κ1) is 19.7. The van der Waals surface area contributed by atoms with E-state index in [1.807, 2.05) is 24.6 Å². The van der Waals surface area contributed by atoms with E-state index in [2.05, 4.69) is 15.2 Å². The highest BCUT2D eigenvalue weighted by molar-refractivity contribution is 6.10. The molecule has 1 saturated heterocycles. The number of aromatic nitrogens is 4. The third kappa shape index (κ3) is 3.19. The number of nitrogens with zero attached hydrogens (tertiary/aromatic N) is 5. The first-order valence-corrected chi connectivity index (χ1v) is 10.7. The number of amides is 1. The van der Waals surface area contributed by atoms with Crippen LogP contribution in [0.2, 0.25) is 0 Å². The fourth-order valence-electron chi connectivity index (χ4n) is 4.45. The monoisotopic (exact) mass is 423 g/mol. The van der Waals surface area contributed by atoms with E-state index in [0.717, 1.165) is 42.8 Å². The number of hydrogen-bond acceptors (Lipinski definition) is 7. The lowest BCUT2D eigenvalue weighted by molar-refractivity contribution is -0.145. The molecule has 9 nitrogen and oxygen atoms in total. The first-order valence-electron chi connectivity index (χ1n) is 10.7. The number of carbonyl (C=O) groups excluding carboxylic acids is 2. The van der Waals surface area contributed by atoms with Crippen molar-refractivity contribution >= 4 is 23.0 Å². The number of esters is 1. The molecule has 1 saturated carbocycles. The highest BCUT2D eigenvalue weighted by atomic mass is 16.5. The summed E-state index contributed by atoms with van der Waals surface area (Å²) in [7, 11) is 1.35. The summed E-state index contributed by atoms with van der Waals surface area (Å²) in [6.45, 7) is 5.22. The molecule has 162 valence electrons.